The van der Waals surface area contributed by atoms with Crippen LogP contribution in [0.25, 0.3) is 0 Å². The lowest BCUT2D eigenvalue weighted by Gasteiger charge is -2.60. The van der Waals surface area contributed by atoms with Gasteiger partial charge in [-0.25, -0.2) is 0 Å². The molecule has 2 nitrogen and oxygen atoms in total. The standard InChI is InChI=1S/C22H36O2/c1-20(24)11-5-12-21(2)15(14-20)8-9-16-17-6-4-7-19(23)22(17,3)13-10-18(16)21/h15-18,24H,4-14H2,1-3H3/t15?,16-,17?,18?,20?,21-,22-/m0/s1. The third-order valence-electron chi connectivity index (χ3n) is 9.13. The molecule has 7 atom stereocenters. The summed E-state index contributed by atoms with van der Waals surface area (Å²) >= 11 is 0. The minimum absolute atomic E-state index is 0.0150. The Balaban J connectivity index is 1.64. The molecule has 4 unspecified atom stereocenters. The van der Waals surface area contributed by atoms with Crippen LogP contribution in [0, 0.1) is 34.5 Å². The van der Waals surface area contributed by atoms with Gasteiger partial charge in [-0.1, -0.05) is 20.3 Å². The van der Waals surface area contributed by atoms with Gasteiger partial charge in [0.05, 0.1) is 5.60 Å². The number of ketones is 1. The number of Topliss-reactive ketones (excluding diaryl/α,β-unsaturated/α-hetero) is 1. The average molecular weight is 333 g/mol. The molecule has 4 saturated carbocycles. The fraction of sp³-hybridized carbons (Fsp3) is 0.955. The summed E-state index contributed by atoms with van der Waals surface area (Å²) in [4.78, 5) is 12.7. The van der Waals surface area contributed by atoms with Crippen LogP contribution in [0.4, 0.5) is 0 Å². The van der Waals surface area contributed by atoms with Crippen molar-refractivity contribution in [3.63, 3.8) is 0 Å². The van der Waals surface area contributed by atoms with E-state index < -0.39 is 5.60 Å². The monoisotopic (exact) mass is 332 g/mol. The summed E-state index contributed by atoms with van der Waals surface area (Å²) in [5.41, 5.74) is -0.0800. The highest BCUT2D eigenvalue weighted by atomic mass is 16.3. The summed E-state index contributed by atoms with van der Waals surface area (Å²) in [7, 11) is 0. The van der Waals surface area contributed by atoms with Gasteiger partial charge in [-0.2, -0.15) is 0 Å². The highest BCUT2D eigenvalue weighted by Gasteiger charge is 2.59. The molecule has 0 aromatic heterocycles. The average Bonchev–Trinajstić information content (AvgIpc) is 2.63. The van der Waals surface area contributed by atoms with E-state index in [1.807, 2.05) is 0 Å². The first kappa shape index (κ1) is 17.1. The molecular weight excluding hydrogens is 296 g/mol. The van der Waals surface area contributed by atoms with E-state index in [0.29, 0.717) is 23.0 Å². The minimum Gasteiger partial charge on any atom is -0.390 e. The maximum atomic E-state index is 12.7. The molecule has 4 fully saturated rings. The van der Waals surface area contributed by atoms with Crippen molar-refractivity contribution in [1.82, 2.24) is 0 Å². The highest BCUT2D eigenvalue weighted by Crippen LogP contribution is 2.64. The molecule has 4 rings (SSSR count). The first-order valence-corrected chi connectivity index (χ1v) is 10.5. The zero-order valence-electron chi connectivity index (χ0n) is 15.9. The maximum Gasteiger partial charge on any atom is 0.139 e. The van der Waals surface area contributed by atoms with Crippen LogP contribution in [0.1, 0.15) is 91.4 Å². The van der Waals surface area contributed by atoms with Gasteiger partial charge in [0.1, 0.15) is 5.78 Å². The number of fused-ring (bicyclic) bond motifs is 5. The van der Waals surface area contributed by atoms with Crippen molar-refractivity contribution in [2.75, 3.05) is 0 Å². The molecule has 0 aromatic rings. The Bertz CT molecular complexity index is 524. The van der Waals surface area contributed by atoms with Gasteiger partial charge in [-0.15, -0.1) is 0 Å². The van der Waals surface area contributed by atoms with Crippen molar-refractivity contribution in [1.29, 1.82) is 0 Å². The summed E-state index contributed by atoms with van der Waals surface area (Å²) in [6.07, 6.45) is 12.6. The number of hydrogen-bond acceptors (Lipinski definition) is 2. The second-order valence-corrected chi connectivity index (χ2v) is 10.5. The Kier molecular flexibility index (Phi) is 3.95. The number of hydrogen-bond donors (Lipinski definition) is 1. The van der Waals surface area contributed by atoms with Crippen molar-refractivity contribution < 1.29 is 9.90 Å². The van der Waals surface area contributed by atoms with Crippen LogP contribution in [0.5, 0.6) is 0 Å². The van der Waals surface area contributed by atoms with Gasteiger partial charge in [0.25, 0.3) is 0 Å². The van der Waals surface area contributed by atoms with E-state index in [2.05, 4.69) is 20.8 Å². The van der Waals surface area contributed by atoms with Gasteiger partial charge in [0.15, 0.2) is 0 Å². The molecule has 0 spiro atoms. The lowest BCUT2D eigenvalue weighted by Crippen LogP contribution is -2.55. The van der Waals surface area contributed by atoms with Gasteiger partial charge in [-0.05, 0) is 93.8 Å². The van der Waals surface area contributed by atoms with Crippen molar-refractivity contribution in [2.45, 2.75) is 97.0 Å². The largest absolute Gasteiger partial charge is 0.390 e. The first-order valence-electron chi connectivity index (χ1n) is 10.5. The number of aliphatic hydroxyl groups is 1. The number of rotatable bonds is 0. The molecule has 1 N–H and O–H groups in total. The van der Waals surface area contributed by atoms with E-state index >= 15 is 0 Å². The van der Waals surface area contributed by atoms with Gasteiger partial charge < -0.3 is 5.11 Å². The molecule has 0 amide bonds. The van der Waals surface area contributed by atoms with E-state index in [0.717, 1.165) is 43.9 Å². The van der Waals surface area contributed by atoms with Gasteiger partial charge in [0.2, 0.25) is 0 Å². The van der Waals surface area contributed by atoms with Crippen LogP contribution < -0.4 is 0 Å². The quantitative estimate of drug-likeness (QED) is 0.668. The van der Waals surface area contributed by atoms with E-state index in [-0.39, 0.29) is 5.41 Å². The summed E-state index contributed by atoms with van der Waals surface area (Å²) in [6, 6.07) is 0. The van der Waals surface area contributed by atoms with E-state index in [1.165, 1.54) is 38.5 Å². The Morgan fingerprint density at radius 3 is 2.50 bits per heavy atom. The van der Waals surface area contributed by atoms with Crippen LogP contribution in [0.15, 0.2) is 0 Å². The second kappa shape index (κ2) is 5.56. The molecule has 0 heterocycles. The van der Waals surface area contributed by atoms with E-state index in [9.17, 15) is 9.90 Å². The molecular formula is C22H36O2. The first-order chi connectivity index (χ1) is 11.3. The lowest BCUT2D eigenvalue weighted by atomic mass is 9.44. The van der Waals surface area contributed by atoms with Crippen molar-refractivity contribution >= 4 is 5.78 Å². The van der Waals surface area contributed by atoms with Crippen molar-refractivity contribution in [3.8, 4) is 0 Å². The molecule has 0 saturated heterocycles. The molecule has 0 bridgehead atoms. The molecule has 4 aliphatic carbocycles. The summed E-state index contributed by atoms with van der Waals surface area (Å²) < 4.78 is 0. The predicted octanol–water partition coefficient (Wildman–Crippen LogP) is 5.13. The molecule has 0 radical (unpaired) electrons. The fourth-order valence-corrected chi connectivity index (χ4v) is 7.71. The van der Waals surface area contributed by atoms with Crippen LogP contribution in [0.3, 0.4) is 0 Å². The van der Waals surface area contributed by atoms with Crippen LogP contribution >= 0.6 is 0 Å². The molecule has 2 heteroatoms. The molecule has 136 valence electrons. The summed E-state index contributed by atoms with van der Waals surface area (Å²) in [5.74, 6) is 3.43. The predicted molar refractivity (Wildman–Crippen MR) is 96.6 cm³/mol. The van der Waals surface area contributed by atoms with Gasteiger partial charge >= 0.3 is 0 Å². The summed E-state index contributed by atoms with van der Waals surface area (Å²) in [6.45, 7) is 6.90. The van der Waals surface area contributed by atoms with E-state index in [4.69, 9.17) is 0 Å². The van der Waals surface area contributed by atoms with Crippen molar-refractivity contribution in [3.05, 3.63) is 0 Å². The van der Waals surface area contributed by atoms with E-state index in [1.54, 1.807) is 0 Å². The highest BCUT2D eigenvalue weighted by molar-refractivity contribution is 5.85. The molecule has 0 aliphatic heterocycles. The molecule has 4 aliphatic rings. The Hall–Kier alpha value is -0.370. The van der Waals surface area contributed by atoms with Crippen LogP contribution in [0.2, 0.25) is 0 Å². The Morgan fingerprint density at radius 2 is 1.71 bits per heavy atom. The number of carbonyl (C=O) groups excluding carboxylic acids is 1. The SMILES string of the molecule is CC1(O)CCC[C@@]2(C)C(CC[C@@H]3C2CC[C@]2(C)C(=O)CCCC32)C1. The third kappa shape index (κ3) is 2.42. The smallest absolute Gasteiger partial charge is 0.139 e. The lowest BCUT2D eigenvalue weighted by molar-refractivity contribution is -0.153. The minimum atomic E-state index is -0.459. The Morgan fingerprint density at radius 1 is 0.917 bits per heavy atom. The van der Waals surface area contributed by atoms with Gasteiger partial charge in [0, 0.05) is 11.8 Å². The summed E-state index contributed by atoms with van der Waals surface area (Å²) in [5, 5.41) is 10.7. The normalized spacial score (nSPS) is 55.1. The third-order valence-corrected chi connectivity index (χ3v) is 9.13. The fourth-order valence-electron chi connectivity index (χ4n) is 7.71. The number of carbonyl (C=O) groups is 1. The van der Waals surface area contributed by atoms with Crippen molar-refractivity contribution in [2.24, 2.45) is 34.5 Å². The van der Waals surface area contributed by atoms with Crippen LogP contribution in [-0.4, -0.2) is 16.5 Å². The topological polar surface area (TPSA) is 37.3 Å². The van der Waals surface area contributed by atoms with Crippen LogP contribution in [-0.2, 0) is 4.79 Å². The zero-order valence-corrected chi connectivity index (χ0v) is 15.9. The zero-order chi connectivity index (χ0) is 17.2. The second-order valence-electron chi connectivity index (χ2n) is 10.5. The maximum absolute atomic E-state index is 12.7. The Labute approximate surface area is 147 Å². The molecule has 0 aromatic carbocycles. The van der Waals surface area contributed by atoms with Gasteiger partial charge in [-0.3, -0.25) is 4.79 Å². The molecule has 24 heavy (non-hydrogen) atoms.